The van der Waals surface area contributed by atoms with Gasteiger partial charge in [-0.2, -0.15) is 0 Å². The van der Waals surface area contributed by atoms with Crippen molar-refractivity contribution in [2.45, 2.75) is 25.5 Å². The van der Waals surface area contributed by atoms with Crippen molar-refractivity contribution < 1.29 is 19.6 Å². The number of nitrogens with zero attached hydrogens (tertiary/aromatic N) is 3. The fourth-order valence-electron chi connectivity index (χ4n) is 2.69. The van der Waals surface area contributed by atoms with Gasteiger partial charge in [0.1, 0.15) is 12.4 Å². The van der Waals surface area contributed by atoms with Crippen LogP contribution in [0.3, 0.4) is 0 Å². The molecular formula is C19H21N5O4. The smallest absolute Gasteiger partial charge is 0.267 e. The first-order valence-electron chi connectivity index (χ1n) is 8.82. The molecule has 3 N–H and O–H groups in total. The van der Waals surface area contributed by atoms with E-state index < -0.39 is 5.91 Å². The minimum atomic E-state index is -0.647. The topological polar surface area (TPSA) is 117 Å². The normalized spacial score (nSPS) is 17.0. The van der Waals surface area contributed by atoms with Gasteiger partial charge in [-0.15, -0.1) is 0 Å². The first kappa shape index (κ1) is 19.5. The Bertz CT molecular complexity index is 826. The third-order valence-electron chi connectivity index (χ3n) is 4.14. The van der Waals surface area contributed by atoms with E-state index in [0.29, 0.717) is 37.5 Å². The molecule has 9 heteroatoms. The molecule has 1 aliphatic heterocycles. The Hall–Kier alpha value is -3.30. The van der Waals surface area contributed by atoms with E-state index >= 15 is 0 Å². The summed E-state index contributed by atoms with van der Waals surface area (Å²) in [5.41, 5.74) is 2.97. The van der Waals surface area contributed by atoms with E-state index in [1.165, 1.54) is 22.8 Å². The van der Waals surface area contributed by atoms with Gasteiger partial charge in [-0.05, 0) is 18.1 Å². The van der Waals surface area contributed by atoms with Crippen LogP contribution in [0.25, 0.3) is 6.08 Å². The van der Waals surface area contributed by atoms with Gasteiger partial charge >= 0.3 is 0 Å². The molecule has 1 fully saturated rings. The molecule has 9 nitrogen and oxygen atoms in total. The van der Waals surface area contributed by atoms with Crippen molar-refractivity contribution in [2.24, 2.45) is 0 Å². The van der Waals surface area contributed by atoms with Gasteiger partial charge in [0.2, 0.25) is 5.91 Å². The average molecular weight is 383 g/mol. The van der Waals surface area contributed by atoms with Crippen molar-refractivity contribution in [3.63, 3.8) is 0 Å². The second-order valence-electron chi connectivity index (χ2n) is 6.23. The van der Waals surface area contributed by atoms with E-state index in [1.807, 2.05) is 30.3 Å². The van der Waals surface area contributed by atoms with E-state index in [2.05, 4.69) is 15.3 Å². The van der Waals surface area contributed by atoms with Crippen LogP contribution in [-0.2, 0) is 21.0 Å². The molecule has 3 rings (SSSR count). The highest BCUT2D eigenvalue weighted by atomic mass is 16.7. The SMILES string of the molecule is O=C(C=Cc1cnc(N[C@@H]2CCC(=O)N(OCc3ccccc3)C2)cn1)NO. The number of hydrogen-bond acceptors (Lipinski definition) is 7. The predicted octanol–water partition coefficient (Wildman–Crippen LogP) is 1.53. The molecule has 1 aliphatic rings. The summed E-state index contributed by atoms with van der Waals surface area (Å²) >= 11 is 0. The van der Waals surface area contributed by atoms with Gasteiger partial charge in [-0.1, -0.05) is 30.3 Å². The van der Waals surface area contributed by atoms with Crippen molar-refractivity contribution in [3.05, 3.63) is 60.1 Å². The zero-order valence-corrected chi connectivity index (χ0v) is 15.1. The van der Waals surface area contributed by atoms with Gasteiger partial charge in [0, 0.05) is 18.5 Å². The Morgan fingerprint density at radius 2 is 2.11 bits per heavy atom. The number of amides is 2. The fraction of sp³-hybridized carbons (Fsp3) is 0.263. The molecule has 146 valence electrons. The Labute approximate surface area is 162 Å². The van der Waals surface area contributed by atoms with Gasteiger partial charge in [-0.25, -0.2) is 15.5 Å². The van der Waals surface area contributed by atoms with E-state index in [9.17, 15) is 9.59 Å². The third-order valence-corrected chi connectivity index (χ3v) is 4.14. The zero-order valence-electron chi connectivity index (χ0n) is 15.1. The molecule has 0 bridgehead atoms. The van der Waals surface area contributed by atoms with Crippen LogP contribution < -0.4 is 10.8 Å². The first-order chi connectivity index (χ1) is 13.6. The van der Waals surface area contributed by atoms with Gasteiger partial charge in [0.05, 0.1) is 24.6 Å². The highest BCUT2D eigenvalue weighted by Crippen LogP contribution is 2.17. The summed E-state index contributed by atoms with van der Waals surface area (Å²) in [5, 5.41) is 13.1. The Balaban J connectivity index is 1.53. The second-order valence-corrected chi connectivity index (χ2v) is 6.23. The van der Waals surface area contributed by atoms with E-state index in [4.69, 9.17) is 10.0 Å². The van der Waals surface area contributed by atoms with Crippen LogP contribution in [0, 0.1) is 0 Å². The highest BCUT2D eigenvalue weighted by molar-refractivity contribution is 5.90. The molecule has 0 unspecified atom stereocenters. The molecule has 28 heavy (non-hydrogen) atoms. The van der Waals surface area contributed by atoms with Crippen LogP contribution in [0.1, 0.15) is 24.1 Å². The van der Waals surface area contributed by atoms with Crippen LogP contribution in [0.2, 0.25) is 0 Å². The standard InChI is InChI=1S/C19H21N5O4/c25-18(23-27)8-6-15-10-21-17(11-20-15)22-16-7-9-19(26)24(12-16)28-13-14-4-2-1-3-5-14/h1-6,8,10-11,16,27H,7,9,12-13H2,(H,21,22)(H,23,25)/t16-/m1/s1. The summed E-state index contributed by atoms with van der Waals surface area (Å²) < 4.78 is 0. The maximum Gasteiger partial charge on any atom is 0.267 e. The number of hydrogen-bond donors (Lipinski definition) is 3. The van der Waals surface area contributed by atoms with Gasteiger partial charge < -0.3 is 5.32 Å². The molecular weight excluding hydrogens is 362 g/mol. The Kier molecular flexibility index (Phi) is 6.66. The second kappa shape index (κ2) is 9.58. The molecule has 2 heterocycles. The van der Waals surface area contributed by atoms with E-state index in [0.717, 1.165) is 11.6 Å². The van der Waals surface area contributed by atoms with Crippen molar-refractivity contribution in [3.8, 4) is 0 Å². The molecule has 0 saturated carbocycles. The van der Waals surface area contributed by atoms with E-state index in [1.54, 1.807) is 6.20 Å². The highest BCUT2D eigenvalue weighted by Gasteiger charge is 2.26. The molecule has 0 radical (unpaired) electrons. The monoisotopic (exact) mass is 383 g/mol. The molecule has 1 atom stereocenters. The van der Waals surface area contributed by atoms with Crippen LogP contribution in [0.4, 0.5) is 5.82 Å². The summed E-state index contributed by atoms with van der Waals surface area (Å²) in [6.07, 6.45) is 6.68. The number of anilines is 1. The molecule has 1 aromatic heterocycles. The number of nitrogens with one attached hydrogen (secondary N) is 2. The number of carbonyl (C=O) groups is 2. The summed E-state index contributed by atoms with van der Waals surface area (Å²) in [6, 6.07) is 9.66. The lowest BCUT2D eigenvalue weighted by atomic mass is 10.1. The van der Waals surface area contributed by atoms with Crippen molar-refractivity contribution in [1.82, 2.24) is 20.5 Å². The maximum absolute atomic E-state index is 12.1. The van der Waals surface area contributed by atoms with Crippen molar-refractivity contribution in [2.75, 3.05) is 11.9 Å². The quantitative estimate of drug-likeness (QED) is 0.377. The number of hydroxylamine groups is 3. The largest absolute Gasteiger partial charge is 0.364 e. The number of rotatable bonds is 7. The lowest BCUT2D eigenvalue weighted by Gasteiger charge is -2.32. The number of benzene rings is 1. The molecule has 2 aromatic rings. The third kappa shape index (κ3) is 5.60. The summed E-state index contributed by atoms with van der Waals surface area (Å²) in [7, 11) is 0. The number of carbonyl (C=O) groups excluding carboxylic acids is 2. The molecule has 0 aliphatic carbocycles. The molecule has 1 aromatic carbocycles. The summed E-state index contributed by atoms with van der Waals surface area (Å²) in [5.74, 6) is -0.125. The van der Waals surface area contributed by atoms with Gasteiger partial charge in [0.15, 0.2) is 0 Å². The summed E-state index contributed by atoms with van der Waals surface area (Å²) in [4.78, 5) is 37.2. The fourth-order valence-corrected chi connectivity index (χ4v) is 2.69. The lowest BCUT2D eigenvalue weighted by Crippen LogP contribution is -2.45. The molecule has 2 amide bonds. The van der Waals surface area contributed by atoms with Crippen LogP contribution in [0.5, 0.6) is 0 Å². The van der Waals surface area contributed by atoms with Gasteiger partial charge in [0.25, 0.3) is 5.91 Å². The minimum Gasteiger partial charge on any atom is -0.364 e. The first-order valence-corrected chi connectivity index (χ1v) is 8.82. The van der Waals surface area contributed by atoms with Gasteiger partial charge in [-0.3, -0.25) is 24.6 Å². The van der Waals surface area contributed by atoms with Crippen LogP contribution in [0.15, 0.2) is 48.8 Å². The van der Waals surface area contributed by atoms with Crippen molar-refractivity contribution in [1.29, 1.82) is 0 Å². The zero-order chi connectivity index (χ0) is 19.8. The Morgan fingerprint density at radius 3 is 2.82 bits per heavy atom. The predicted molar refractivity (Wildman–Crippen MR) is 101 cm³/mol. The number of aromatic nitrogens is 2. The molecule has 1 saturated heterocycles. The Morgan fingerprint density at radius 1 is 1.29 bits per heavy atom. The maximum atomic E-state index is 12.1. The average Bonchev–Trinajstić information content (AvgIpc) is 2.74. The summed E-state index contributed by atoms with van der Waals surface area (Å²) in [6.45, 7) is 0.743. The molecule has 0 spiro atoms. The number of piperidine rings is 1. The van der Waals surface area contributed by atoms with E-state index in [-0.39, 0.29) is 11.9 Å². The van der Waals surface area contributed by atoms with Crippen LogP contribution in [-0.4, -0.2) is 44.6 Å². The minimum absolute atomic E-state index is 0.00988. The lowest BCUT2D eigenvalue weighted by molar-refractivity contribution is -0.197. The van der Waals surface area contributed by atoms with Crippen LogP contribution >= 0.6 is 0 Å². The van der Waals surface area contributed by atoms with Crippen molar-refractivity contribution >= 4 is 23.7 Å².